The van der Waals surface area contributed by atoms with Crippen LogP contribution < -0.4 is 11.1 Å². The third-order valence-electron chi connectivity index (χ3n) is 2.85. The highest BCUT2D eigenvalue weighted by Crippen LogP contribution is 2.18. The van der Waals surface area contributed by atoms with E-state index in [9.17, 15) is 4.79 Å². The zero-order valence-electron chi connectivity index (χ0n) is 11.3. The third kappa shape index (κ3) is 2.76. The van der Waals surface area contributed by atoms with Gasteiger partial charge in [0.2, 0.25) is 0 Å². The quantitative estimate of drug-likeness (QED) is 0.831. The molecule has 0 unspecified atom stereocenters. The molecule has 5 nitrogen and oxygen atoms in total. The predicted octanol–water partition coefficient (Wildman–Crippen LogP) is 2.61. The number of anilines is 2. The Morgan fingerprint density at radius 1 is 1.37 bits per heavy atom. The lowest BCUT2D eigenvalue weighted by molar-refractivity contribution is 0.102. The zero-order chi connectivity index (χ0) is 14.0. The van der Waals surface area contributed by atoms with Crippen molar-refractivity contribution in [2.45, 2.75) is 26.8 Å². The second kappa shape index (κ2) is 5.14. The number of nitrogen functional groups attached to an aromatic ring is 1. The highest BCUT2D eigenvalue weighted by Gasteiger charge is 2.13. The van der Waals surface area contributed by atoms with Gasteiger partial charge in [-0.15, -0.1) is 0 Å². The molecule has 0 aliphatic rings. The minimum Gasteiger partial charge on any atom is -0.398 e. The molecule has 1 amide bonds. The van der Waals surface area contributed by atoms with E-state index in [1.165, 1.54) is 0 Å². The summed E-state index contributed by atoms with van der Waals surface area (Å²) in [5.41, 5.74) is 7.85. The van der Waals surface area contributed by atoms with Gasteiger partial charge in [-0.1, -0.05) is 6.07 Å². The first kappa shape index (κ1) is 13.1. The van der Waals surface area contributed by atoms with Gasteiger partial charge < -0.3 is 11.1 Å². The van der Waals surface area contributed by atoms with Crippen LogP contribution >= 0.6 is 0 Å². The summed E-state index contributed by atoms with van der Waals surface area (Å²) in [6.45, 7) is 5.94. The van der Waals surface area contributed by atoms with Crippen molar-refractivity contribution in [2.24, 2.45) is 0 Å². The fraction of sp³-hybridized carbons (Fsp3) is 0.286. The van der Waals surface area contributed by atoms with Crippen LogP contribution in [0, 0.1) is 6.92 Å². The average Bonchev–Trinajstić information content (AvgIpc) is 2.76. The molecular formula is C14H18N4O. The van der Waals surface area contributed by atoms with Crippen LogP contribution in [-0.4, -0.2) is 15.7 Å². The molecule has 3 N–H and O–H groups in total. The van der Waals surface area contributed by atoms with Gasteiger partial charge in [-0.3, -0.25) is 4.79 Å². The molecule has 100 valence electrons. The number of rotatable bonds is 3. The molecule has 1 heterocycles. The number of nitrogens with two attached hydrogens (primary N) is 1. The molecule has 0 bridgehead atoms. The van der Waals surface area contributed by atoms with Crippen molar-refractivity contribution in [3.8, 4) is 0 Å². The Morgan fingerprint density at radius 2 is 2.11 bits per heavy atom. The molecule has 2 rings (SSSR count). The summed E-state index contributed by atoms with van der Waals surface area (Å²) in [4.78, 5) is 12.2. The van der Waals surface area contributed by atoms with Crippen molar-refractivity contribution >= 4 is 17.4 Å². The van der Waals surface area contributed by atoms with Crippen molar-refractivity contribution in [2.75, 3.05) is 11.1 Å². The zero-order valence-corrected chi connectivity index (χ0v) is 11.3. The number of hydrogen-bond acceptors (Lipinski definition) is 3. The summed E-state index contributed by atoms with van der Waals surface area (Å²) in [5.74, 6) is 0.444. The van der Waals surface area contributed by atoms with Crippen molar-refractivity contribution in [3.63, 3.8) is 0 Å². The minimum absolute atomic E-state index is 0.181. The SMILES string of the molecule is Cc1ccc(C(=O)Nc2ccnn2C(C)C)c(N)c1. The molecular weight excluding hydrogens is 240 g/mol. The first-order valence-electron chi connectivity index (χ1n) is 6.20. The van der Waals surface area contributed by atoms with E-state index in [0.29, 0.717) is 17.1 Å². The summed E-state index contributed by atoms with van der Waals surface area (Å²) >= 11 is 0. The molecule has 0 aliphatic carbocycles. The number of benzene rings is 1. The maximum atomic E-state index is 12.2. The van der Waals surface area contributed by atoms with Gasteiger partial charge in [-0.05, 0) is 38.5 Å². The van der Waals surface area contributed by atoms with E-state index < -0.39 is 0 Å². The van der Waals surface area contributed by atoms with Crippen LogP contribution in [-0.2, 0) is 0 Å². The maximum Gasteiger partial charge on any atom is 0.258 e. The van der Waals surface area contributed by atoms with Gasteiger partial charge in [-0.25, -0.2) is 4.68 Å². The Bertz CT molecular complexity index is 601. The molecule has 0 spiro atoms. The number of carbonyl (C=O) groups excluding carboxylic acids is 1. The molecule has 19 heavy (non-hydrogen) atoms. The lowest BCUT2D eigenvalue weighted by atomic mass is 10.1. The molecule has 2 aromatic rings. The first-order chi connectivity index (χ1) is 8.99. The molecule has 0 fully saturated rings. The first-order valence-corrected chi connectivity index (χ1v) is 6.20. The van der Waals surface area contributed by atoms with Gasteiger partial charge in [0.1, 0.15) is 5.82 Å². The summed E-state index contributed by atoms with van der Waals surface area (Å²) in [7, 11) is 0. The van der Waals surface area contributed by atoms with Gasteiger partial charge in [0.25, 0.3) is 5.91 Å². The maximum absolute atomic E-state index is 12.2. The largest absolute Gasteiger partial charge is 0.398 e. The van der Waals surface area contributed by atoms with Crippen LogP contribution in [0.15, 0.2) is 30.5 Å². The summed E-state index contributed by atoms with van der Waals surface area (Å²) in [6, 6.07) is 7.33. The van der Waals surface area contributed by atoms with Crippen LogP contribution in [0.3, 0.4) is 0 Å². The van der Waals surface area contributed by atoms with E-state index in [2.05, 4.69) is 10.4 Å². The lowest BCUT2D eigenvalue weighted by Gasteiger charge is -2.12. The summed E-state index contributed by atoms with van der Waals surface area (Å²) < 4.78 is 1.75. The number of hydrogen-bond donors (Lipinski definition) is 2. The molecule has 0 saturated heterocycles. The number of aromatic nitrogens is 2. The number of nitrogens with one attached hydrogen (secondary N) is 1. The molecule has 0 atom stereocenters. The van der Waals surface area contributed by atoms with Crippen molar-refractivity contribution in [1.82, 2.24) is 9.78 Å². The second-order valence-electron chi connectivity index (χ2n) is 4.80. The van der Waals surface area contributed by atoms with E-state index in [-0.39, 0.29) is 11.9 Å². The van der Waals surface area contributed by atoms with E-state index >= 15 is 0 Å². The number of amides is 1. The molecule has 1 aromatic heterocycles. The standard InChI is InChI=1S/C14H18N4O/c1-9(2)18-13(6-7-16-18)17-14(19)11-5-4-10(3)8-12(11)15/h4-9H,15H2,1-3H3,(H,17,19). The molecule has 0 saturated carbocycles. The lowest BCUT2D eigenvalue weighted by Crippen LogP contribution is -2.18. The van der Waals surface area contributed by atoms with E-state index in [1.54, 1.807) is 29.1 Å². The van der Waals surface area contributed by atoms with Gasteiger partial charge >= 0.3 is 0 Å². The number of aryl methyl sites for hydroxylation is 1. The van der Waals surface area contributed by atoms with Gasteiger partial charge in [0.15, 0.2) is 0 Å². The number of nitrogens with zero attached hydrogens (tertiary/aromatic N) is 2. The van der Waals surface area contributed by atoms with Crippen LogP contribution in [0.2, 0.25) is 0 Å². The topological polar surface area (TPSA) is 72.9 Å². The Kier molecular flexibility index (Phi) is 3.55. The van der Waals surface area contributed by atoms with Crippen molar-refractivity contribution in [1.29, 1.82) is 0 Å². The Morgan fingerprint density at radius 3 is 2.74 bits per heavy atom. The van der Waals surface area contributed by atoms with Crippen LogP contribution in [0.4, 0.5) is 11.5 Å². The Balaban J connectivity index is 2.23. The van der Waals surface area contributed by atoms with E-state index in [4.69, 9.17) is 5.73 Å². The van der Waals surface area contributed by atoms with Crippen LogP contribution in [0.1, 0.15) is 35.8 Å². The Hall–Kier alpha value is -2.30. The van der Waals surface area contributed by atoms with Gasteiger partial charge in [0, 0.05) is 17.8 Å². The van der Waals surface area contributed by atoms with E-state index in [1.807, 2.05) is 26.8 Å². The highest BCUT2D eigenvalue weighted by atomic mass is 16.1. The van der Waals surface area contributed by atoms with Gasteiger partial charge in [-0.2, -0.15) is 5.10 Å². The van der Waals surface area contributed by atoms with Crippen molar-refractivity contribution < 1.29 is 4.79 Å². The monoisotopic (exact) mass is 258 g/mol. The minimum atomic E-state index is -0.222. The molecule has 0 aliphatic heterocycles. The van der Waals surface area contributed by atoms with Crippen LogP contribution in [0.25, 0.3) is 0 Å². The highest BCUT2D eigenvalue weighted by molar-refractivity contribution is 6.07. The Labute approximate surface area is 112 Å². The smallest absolute Gasteiger partial charge is 0.258 e. The number of carbonyl (C=O) groups is 1. The van der Waals surface area contributed by atoms with Crippen molar-refractivity contribution in [3.05, 3.63) is 41.6 Å². The molecule has 1 aromatic carbocycles. The fourth-order valence-electron chi connectivity index (χ4n) is 1.90. The summed E-state index contributed by atoms with van der Waals surface area (Å²) in [5, 5.41) is 7.00. The average molecular weight is 258 g/mol. The van der Waals surface area contributed by atoms with Gasteiger partial charge in [0.05, 0.1) is 11.8 Å². The molecule has 0 radical (unpaired) electrons. The van der Waals surface area contributed by atoms with Crippen LogP contribution in [0.5, 0.6) is 0 Å². The predicted molar refractivity (Wildman–Crippen MR) is 76.2 cm³/mol. The third-order valence-corrected chi connectivity index (χ3v) is 2.85. The molecule has 5 heteroatoms. The summed E-state index contributed by atoms with van der Waals surface area (Å²) in [6.07, 6.45) is 1.66. The second-order valence-corrected chi connectivity index (χ2v) is 4.80. The van der Waals surface area contributed by atoms with E-state index in [0.717, 1.165) is 5.56 Å². The fourth-order valence-corrected chi connectivity index (χ4v) is 1.90. The normalized spacial score (nSPS) is 10.7.